The molecule has 0 bridgehead atoms. The third-order valence-electron chi connectivity index (χ3n) is 6.94. The van der Waals surface area contributed by atoms with Gasteiger partial charge in [0.05, 0.1) is 5.92 Å². The molecule has 0 saturated heterocycles. The van der Waals surface area contributed by atoms with Crippen molar-refractivity contribution in [3.8, 4) is 5.75 Å². The Hall–Kier alpha value is -3.28. The van der Waals surface area contributed by atoms with E-state index in [2.05, 4.69) is 6.92 Å². The molecule has 0 spiro atoms. The fourth-order valence-electron chi connectivity index (χ4n) is 4.68. The highest BCUT2D eigenvalue weighted by Crippen LogP contribution is 2.33. The lowest BCUT2D eigenvalue weighted by atomic mass is 9.80. The number of anilines is 2. The van der Waals surface area contributed by atoms with E-state index in [0.717, 1.165) is 37.2 Å². The second-order valence-electron chi connectivity index (χ2n) is 9.81. The lowest BCUT2D eigenvalue weighted by molar-refractivity contribution is -0.140. The van der Waals surface area contributed by atoms with Crippen LogP contribution in [0.3, 0.4) is 0 Å². The van der Waals surface area contributed by atoms with Gasteiger partial charge in [-0.2, -0.15) is 0 Å². The molecule has 0 unspecified atom stereocenters. The molecule has 0 atom stereocenters. The number of ether oxygens (including phenoxy) is 2. The maximum atomic E-state index is 12.6. The van der Waals surface area contributed by atoms with Gasteiger partial charge in [-0.15, -0.1) is 0 Å². The molecular weight excluding hydrogens is 452 g/mol. The highest BCUT2D eigenvalue weighted by atomic mass is 16.5. The van der Waals surface area contributed by atoms with Crippen LogP contribution in [0.15, 0.2) is 48.5 Å². The zero-order valence-corrected chi connectivity index (χ0v) is 21.4. The van der Waals surface area contributed by atoms with Crippen LogP contribution in [0.4, 0.5) is 11.4 Å². The molecule has 4 N–H and O–H groups in total. The highest BCUT2D eigenvalue weighted by Gasteiger charge is 2.27. The van der Waals surface area contributed by atoms with E-state index in [-0.39, 0.29) is 18.5 Å². The fourth-order valence-corrected chi connectivity index (χ4v) is 4.68. The molecule has 2 aromatic rings. The fraction of sp³-hybridized carbons (Fsp3) is 0.467. The van der Waals surface area contributed by atoms with Gasteiger partial charge in [0.15, 0.2) is 0 Å². The molecule has 0 amide bonds. The normalized spacial score (nSPS) is 17.7. The third kappa shape index (κ3) is 9.06. The summed E-state index contributed by atoms with van der Waals surface area (Å²) in [5.74, 6) is 0.657. The van der Waals surface area contributed by atoms with Crippen molar-refractivity contribution in [3.63, 3.8) is 0 Å². The SMILES string of the molecule is CCCCCCCC1CCC(C(=O)Oc2ccc(/C=C/C(=O)OCc3cc(N)ccc3N)cc2)CC1. The van der Waals surface area contributed by atoms with Crippen LogP contribution in [-0.4, -0.2) is 11.9 Å². The second-order valence-corrected chi connectivity index (χ2v) is 9.81. The summed E-state index contributed by atoms with van der Waals surface area (Å²) in [5, 5.41) is 0. The first-order valence-corrected chi connectivity index (χ1v) is 13.2. The number of benzene rings is 2. The van der Waals surface area contributed by atoms with Crippen LogP contribution < -0.4 is 16.2 Å². The lowest BCUT2D eigenvalue weighted by Crippen LogP contribution is -2.25. The molecule has 36 heavy (non-hydrogen) atoms. The van der Waals surface area contributed by atoms with Gasteiger partial charge in [0.2, 0.25) is 0 Å². The second kappa shape index (κ2) is 14.3. The van der Waals surface area contributed by atoms with Gasteiger partial charge in [0, 0.05) is 23.0 Å². The molecule has 1 aliphatic carbocycles. The molecule has 1 saturated carbocycles. The van der Waals surface area contributed by atoms with Gasteiger partial charge in [0.1, 0.15) is 12.4 Å². The summed E-state index contributed by atoms with van der Waals surface area (Å²) in [5.41, 5.74) is 14.2. The number of nitrogens with two attached hydrogens (primary N) is 2. The summed E-state index contributed by atoms with van der Waals surface area (Å²) in [7, 11) is 0. The zero-order chi connectivity index (χ0) is 25.8. The van der Waals surface area contributed by atoms with Crippen molar-refractivity contribution in [2.75, 3.05) is 11.5 Å². The molecule has 1 fully saturated rings. The van der Waals surface area contributed by atoms with Gasteiger partial charge in [-0.25, -0.2) is 4.79 Å². The number of hydrogen-bond donors (Lipinski definition) is 2. The number of unbranched alkanes of at least 4 members (excludes halogenated alkanes) is 4. The Bertz CT molecular complexity index is 1010. The van der Waals surface area contributed by atoms with Crippen LogP contribution in [0, 0.1) is 11.8 Å². The Kier molecular flexibility index (Phi) is 10.9. The number of carbonyl (C=O) groups excluding carboxylic acids is 2. The summed E-state index contributed by atoms with van der Waals surface area (Å²) >= 11 is 0. The maximum absolute atomic E-state index is 12.6. The number of esters is 2. The van der Waals surface area contributed by atoms with E-state index in [0.29, 0.717) is 22.7 Å². The smallest absolute Gasteiger partial charge is 0.331 e. The molecule has 6 nitrogen and oxygen atoms in total. The minimum atomic E-state index is -0.483. The first-order valence-electron chi connectivity index (χ1n) is 13.2. The average Bonchev–Trinajstić information content (AvgIpc) is 2.89. The minimum absolute atomic E-state index is 0.00955. The Balaban J connectivity index is 1.38. The van der Waals surface area contributed by atoms with Crippen LogP contribution in [0.1, 0.15) is 82.3 Å². The van der Waals surface area contributed by atoms with Crippen LogP contribution in [-0.2, 0) is 20.9 Å². The van der Waals surface area contributed by atoms with E-state index in [1.165, 1.54) is 44.6 Å². The Morgan fingerprint density at radius 2 is 1.67 bits per heavy atom. The van der Waals surface area contributed by atoms with Gasteiger partial charge in [-0.1, -0.05) is 57.6 Å². The number of hydrogen-bond acceptors (Lipinski definition) is 6. The Morgan fingerprint density at radius 1 is 0.944 bits per heavy atom. The van der Waals surface area contributed by atoms with E-state index < -0.39 is 5.97 Å². The Morgan fingerprint density at radius 3 is 2.39 bits per heavy atom. The van der Waals surface area contributed by atoms with Crippen LogP contribution >= 0.6 is 0 Å². The molecule has 0 heterocycles. The topological polar surface area (TPSA) is 105 Å². The molecule has 3 rings (SSSR count). The summed E-state index contributed by atoms with van der Waals surface area (Å²) in [6.07, 6.45) is 15.0. The lowest BCUT2D eigenvalue weighted by Gasteiger charge is -2.27. The van der Waals surface area contributed by atoms with Crippen LogP contribution in [0.5, 0.6) is 5.75 Å². The van der Waals surface area contributed by atoms with Gasteiger partial charge in [-0.05, 0) is 73.6 Å². The largest absolute Gasteiger partial charge is 0.458 e. The predicted molar refractivity (Wildman–Crippen MR) is 145 cm³/mol. The number of nitrogen functional groups attached to an aromatic ring is 2. The van der Waals surface area contributed by atoms with E-state index in [1.54, 1.807) is 48.5 Å². The molecular formula is C30H40N2O4. The van der Waals surface area contributed by atoms with Gasteiger partial charge in [0.25, 0.3) is 0 Å². The number of rotatable bonds is 12. The molecule has 194 valence electrons. The van der Waals surface area contributed by atoms with Crippen molar-refractivity contribution < 1.29 is 19.1 Å². The molecule has 0 radical (unpaired) electrons. The molecule has 6 heteroatoms. The van der Waals surface area contributed by atoms with Crippen molar-refractivity contribution in [2.45, 2.75) is 77.7 Å². The quantitative estimate of drug-likeness (QED) is 0.113. The summed E-state index contributed by atoms with van der Waals surface area (Å²) in [6.45, 7) is 2.29. The van der Waals surface area contributed by atoms with Crippen LogP contribution in [0.25, 0.3) is 6.08 Å². The van der Waals surface area contributed by atoms with E-state index in [4.69, 9.17) is 20.9 Å². The monoisotopic (exact) mass is 492 g/mol. The standard InChI is InChI=1S/C30H40N2O4/c1-2-3-4-5-6-7-22-8-13-24(14-9-22)30(34)36-27-16-10-23(11-17-27)12-19-29(33)35-21-25-20-26(31)15-18-28(25)32/h10-12,15-20,22,24H,2-9,13-14,21,31-32H2,1H3/b19-12+. The van der Waals surface area contributed by atoms with Crippen molar-refractivity contribution in [3.05, 3.63) is 59.7 Å². The summed E-state index contributed by atoms with van der Waals surface area (Å²) < 4.78 is 10.9. The van der Waals surface area contributed by atoms with Crippen LogP contribution in [0.2, 0.25) is 0 Å². The van der Waals surface area contributed by atoms with Gasteiger partial charge < -0.3 is 20.9 Å². The first kappa shape index (κ1) is 27.3. The van der Waals surface area contributed by atoms with Crippen molar-refractivity contribution in [1.82, 2.24) is 0 Å². The Labute approximate surface area is 215 Å². The molecule has 0 aromatic heterocycles. The first-order chi connectivity index (χ1) is 17.4. The van der Waals surface area contributed by atoms with E-state index in [1.807, 2.05) is 0 Å². The predicted octanol–water partition coefficient (Wildman–Crippen LogP) is 6.68. The summed E-state index contributed by atoms with van der Waals surface area (Å²) in [4.78, 5) is 24.7. The number of carbonyl (C=O) groups is 2. The third-order valence-corrected chi connectivity index (χ3v) is 6.94. The molecule has 2 aromatic carbocycles. The van der Waals surface area contributed by atoms with Crippen molar-refractivity contribution in [2.24, 2.45) is 11.8 Å². The van der Waals surface area contributed by atoms with Crippen molar-refractivity contribution in [1.29, 1.82) is 0 Å². The molecule has 0 aliphatic heterocycles. The zero-order valence-electron chi connectivity index (χ0n) is 21.4. The van der Waals surface area contributed by atoms with Gasteiger partial charge in [-0.3, -0.25) is 4.79 Å². The summed E-state index contributed by atoms with van der Waals surface area (Å²) in [6, 6.07) is 12.2. The minimum Gasteiger partial charge on any atom is -0.458 e. The highest BCUT2D eigenvalue weighted by molar-refractivity contribution is 5.87. The van der Waals surface area contributed by atoms with Gasteiger partial charge >= 0.3 is 11.9 Å². The van der Waals surface area contributed by atoms with Crippen molar-refractivity contribution >= 4 is 29.4 Å². The van der Waals surface area contributed by atoms with E-state index in [9.17, 15) is 9.59 Å². The van der Waals surface area contributed by atoms with E-state index >= 15 is 0 Å². The average molecular weight is 493 g/mol. The maximum Gasteiger partial charge on any atom is 0.331 e. The molecule has 1 aliphatic rings.